The van der Waals surface area contributed by atoms with Crippen molar-refractivity contribution in [1.82, 2.24) is 14.9 Å². The van der Waals surface area contributed by atoms with Crippen LogP contribution in [0.25, 0.3) is 11.1 Å². The van der Waals surface area contributed by atoms with E-state index in [2.05, 4.69) is 20.2 Å². The molecule has 0 aliphatic carbocycles. The summed E-state index contributed by atoms with van der Waals surface area (Å²) in [5.74, 6) is 0.403. The molecule has 8 heteroatoms. The molecule has 0 bridgehead atoms. The Morgan fingerprint density at radius 1 is 1.12 bits per heavy atom. The van der Waals surface area contributed by atoms with Gasteiger partial charge in [0.2, 0.25) is 0 Å². The Morgan fingerprint density at radius 3 is 2.64 bits per heavy atom. The topological polar surface area (TPSA) is 50.3 Å². The van der Waals surface area contributed by atoms with Crippen molar-refractivity contribution in [2.24, 2.45) is 0 Å². The zero-order valence-corrected chi connectivity index (χ0v) is 13.6. The van der Waals surface area contributed by atoms with E-state index in [1.807, 2.05) is 0 Å². The number of morpholine rings is 1. The monoisotopic (exact) mass is 352 g/mol. The van der Waals surface area contributed by atoms with Crippen molar-refractivity contribution < 1.29 is 17.9 Å². The number of alkyl halides is 3. The standard InChI is InChI=1S/C17H19F3N4O/c18-17(19,20)15-4-2-1-3-13(15)14-11-21-12-23-16(14)22-5-6-24-7-9-25-10-8-24/h1-4,11-12H,5-10H2,(H,21,22,23). The van der Waals surface area contributed by atoms with E-state index in [-0.39, 0.29) is 5.56 Å². The van der Waals surface area contributed by atoms with Gasteiger partial charge in [-0.1, -0.05) is 18.2 Å². The summed E-state index contributed by atoms with van der Waals surface area (Å²) in [6.07, 6.45) is -1.69. The third kappa shape index (κ3) is 4.46. The van der Waals surface area contributed by atoms with Gasteiger partial charge in [-0.05, 0) is 11.6 Å². The molecule has 1 aromatic heterocycles. The maximum atomic E-state index is 13.3. The van der Waals surface area contributed by atoms with Crippen molar-refractivity contribution in [3.05, 3.63) is 42.4 Å². The number of hydrogen-bond donors (Lipinski definition) is 1. The van der Waals surface area contributed by atoms with Gasteiger partial charge in [-0.25, -0.2) is 9.97 Å². The Bertz CT molecular complexity index is 702. The molecule has 5 nitrogen and oxygen atoms in total. The lowest BCUT2D eigenvalue weighted by atomic mass is 10.0. The van der Waals surface area contributed by atoms with Crippen LogP contribution in [0.4, 0.5) is 19.0 Å². The Kier molecular flexibility index (Phi) is 5.50. The highest BCUT2D eigenvalue weighted by atomic mass is 19.4. The van der Waals surface area contributed by atoms with Crippen LogP contribution < -0.4 is 5.32 Å². The molecule has 1 aliphatic rings. The van der Waals surface area contributed by atoms with Crippen LogP contribution in [0.15, 0.2) is 36.8 Å². The summed E-state index contributed by atoms with van der Waals surface area (Å²) in [5.41, 5.74) is -0.275. The van der Waals surface area contributed by atoms with E-state index in [4.69, 9.17) is 4.74 Å². The predicted octanol–water partition coefficient (Wildman–Crippen LogP) is 2.91. The van der Waals surface area contributed by atoms with E-state index in [9.17, 15) is 13.2 Å². The van der Waals surface area contributed by atoms with Crippen molar-refractivity contribution in [1.29, 1.82) is 0 Å². The first kappa shape index (κ1) is 17.6. The highest BCUT2D eigenvalue weighted by Gasteiger charge is 2.34. The first-order valence-corrected chi connectivity index (χ1v) is 8.06. The normalized spacial score (nSPS) is 16.0. The quantitative estimate of drug-likeness (QED) is 0.897. The molecule has 0 atom stereocenters. The van der Waals surface area contributed by atoms with Crippen LogP contribution in [0, 0.1) is 0 Å². The second kappa shape index (κ2) is 7.79. The summed E-state index contributed by atoms with van der Waals surface area (Å²) in [6.45, 7) is 4.48. The van der Waals surface area contributed by atoms with Crippen LogP contribution in [0.3, 0.4) is 0 Å². The molecule has 2 aromatic rings. The van der Waals surface area contributed by atoms with Crippen molar-refractivity contribution in [3.8, 4) is 11.1 Å². The second-order valence-corrected chi connectivity index (χ2v) is 5.71. The van der Waals surface area contributed by atoms with Gasteiger partial charge in [0.1, 0.15) is 12.1 Å². The van der Waals surface area contributed by atoms with E-state index >= 15 is 0 Å². The van der Waals surface area contributed by atoms with Crippen LogP contribution in [-0.4, -0.2) is 54.3 Å². The maximum absolute atomic E-state index is 13.3. The first-order chi connectivity index (χ1) is 12.1. The fourth-order valence-electron chi connectivity index (χ4n) is 2.79. The number of halogens is 3. The highest BCUT2D eigenvalue weighted by molar-refractivity contribution is 5.77. The number of nitrogens with zero attached hydrogens (tertiary/aromatic N) is 3. The predicted molar refractivity (Wildman–Crippen MR) is 88.2 cm³/mol. The summed E-state index contributed by atoms with van der Waals surface area (Å²) in [7, 11) is 0. The summed E-state index contributed by atoms with van der Waals surface area (Å²) in [6, 6.07) is 5.46. The van der Waals surface area contributed by atoms with Gasteiger partial charge in [-0.3, -0.25) is 4.90 Å². The molecule has 1 saturated heterocycles. The summed E-state index contributed by atoms with van der Waals surface area (Å²) >= 11 is 0. The second-order valence-electron chi connectivity index (χ2n) is 5.71. The molecule has 25 heavy (non-hydrogen) atoms. The number of anilines is 1. The van der Waals surface area contributed by atoms with Gasteiger partial charge in [0.05, 0.1) is 18.8 Å². The molecule has 0 radical (unpaired) electrons. The Hall–Kier alpha value is -2.19. The molecule has 0 unspecified atom stereocenters. The lowest BCUT2D eigenvalue weighted by molar-refractivity contribution is -0.137. The fourth-order valence-corrected chi connectivity index (χ4v) is 2.79. The Morgan fingerprint density at radius 2 is 1.88 bits per heavy atom. The van der Waals surface area contributed by atoms with E-state index in [0.29, 0.717) is 31.1 Å². The maximum Gasteiger partial charge on any atom is 0.417 e. The zero-order valence-electron chi connectivity index (χ0n) is 13.6. The Labute approximate surface area is 143 Å². The molecule has 1 aromatic carbocycles. The SMILES string of the molecule is FC(F)(F)c1ccccc1-c1cncnc1NCCN1CCOCC1. The lowest BCUT2D eigenvalue weighted by Crippen LogP contribution is -2.39. The van der Waals surface area contributed by atoms with Crippen molar-refractivity contribution in [2.45, 2.75) is 6.18 Å². The first-order valence-electron chi connectivity index (χ1n) is 8.06. The fraction of sp³-hybridized carbons (Fsp3) is 0.412. The number of ether oxygens (including phenoxy) is 1. The van der Waals surface area contributed by atoms with Crippen molar-refractivity contribution in [2.75, 3.05) is 44.7 Å². The minimum Gasteiger partial charge on any atom is -0.379 e. The smallest absolute Gasteiger partial charge is 0.379 e. The van der Waals surface area contributed by atoms with Crippen LogP contribution in [-0.2, 0) is 10.9 Å². The van der Waals surface area contributed by atoms with E-state index in [1.165, 1.54) is 24.7 Å². The molecule has 134 valence electrons. The van der Waals surface area contributed by atoms with Gasteiger partial charge < -0.3 is 10.1 Å². The molecular weight excluding hydrogens is 333 g/mol. The largest absolute Gasteiger partial charge is 0.417 e. The molecule has 0 saturated carbocycles. The minimum atomic E-state index is -4.43. The van der Waals surface area contributed by atoms with Crippen LogP contribution in [0.5, 0.6) is 0 Å². The summed E-state index contributed by atoms with van der Waals surface area (Å²) < 4.78 is 45.1. The van der Waals surface area contributed by atoms with Crippen LogP contribution in [0.2, 0.25) is 0 Å². The molecule has 1 fully saturated rings. The minimum absolute atomic E-state index is 0.0736. The van der Waals surface area contributed by atoms with E-state index in [1.54, 1.807) is 6.07 Å². The van der Waals surface area contributed by atoms with Gasteiger partial charge in [0.25, 0.3) is 0 Å². The average molecular weight is 352 g/mol. The number of rotatable bonds is 5. The molecule has 1 N–H and O–H groups in total. The molecular formula is C17H19F3N4O. The van der Waals surface area contributed by atoms with Crippen molar-refractivity contribution >= 4 is 5.82 Å². The number of aromatic nitrogens is 2. The highest BCUT2D eigenvalue weighted by Crippen LogP contribution is 2.38. The van der Waals surface area contributed by atoms with Gasteiger partial charge in [-0.2, -0.15) is 13.2 Å². The number of hydrogen-bond acceptors (Lipinski definition) is 5. The van der Waals surface area contributed by atoms with Gasteiger partial charge >= 0.3 is 6.18 Å². The zero-order chi connectivity index (χ0) is 17.7. The van der Waals surface area contributed by atoms with Gasteiger partial charge in [0, 0.05) is 37.9 Å². The van der Waals surface area contributed by atoms with Crippen LogP contribution >= 0.6 is 0 Å². The van der Waals surface area contributed by atoms with Gasteiger partial charge in [-0.15, -0.1) is 0 Å². The molecule has 3 rings (SSSR count). The summed E-state index contributed by atoms with van der Waals surface area (Å²) in [4.78, 5) is 10.3. The third-order valence-corrected chi connectivity index (χ3v) is 4.06. The number of nitrogens with one attached hydrogen (secondary N) is 1. The van der Waals surface area contributed by atoms with Crippen LogP contribution in [0.1, 0.15) is 5.56 Å². The lowest BCUT2D eigenvalue weighted by Gasteiger charge is -2.26. The molecule has 2 heterocycles. The average Bonchev–Trinajstić information content (AvgIpc) is 2.62. The number of benzene rings is 1. The molecule has 0 spiro atoms. The molecule has 0 amide bonds. The van der Waals surface area contributed by atoms with E-state index < -0.39 is 11.7 Å². The Balaban J connectivity index is 1.77. The van der Waals surface area contributed by atoms with E-state index in [0.717, 1.165) is 25.7 Å². The summed E-state index contributed by atoms with van der Waals surface area (Å²) in [5, 5.41) is 3.14. The third-order valence-electron chi connectivity index (χ3n) is 4.06. The molecule has 1 aliphatic heterocycles. The van der Waals surface area contributed by atoms with Gasteiger partial charge in [0.15, 0.2) is 0 Å². The van der Waals surface area contributed by atoms with Crippen molar-refractivity contribution in [3.63, 3.8) is 0 Å².